The van der Waals surface area contributed by atoms with Gasteiger partial charge in [0.2, 0.25) is 0 Å². The van der Waals surface area contributed by atoms with E-state index in [9.17, 15) is 0 Å². The van der Waals surface area contributed by atoms with Gasteiger partial charge in [0.15, 0.2) is 0 Å². The molecule has 0 aromatic heterocycles. The summed E-state index contributed by atoms with van der Waals surface area (Å²) < 4.78 is 0. The van der Waals surface area contributed by atoms with E-state index in [0.29, 0.717) is 0 Å². The Balaban J connectivity index is 0. The van der Waals surface area contributed by atoms with E-state index in [1.165, 1.54) is 11.1 Å². The third kappa shape index (κ3) is 7.98. The summed E-state index contributed by atoms with van der Waals surface area (Å²) in [6.45, 7) is 14.3. The van der Waals surface area contributed by atoms with Gasteiger partial charge in [-0.1, -0.05) is 61.3 Å². The molecule has 0 aliphatic carbocycles. The summed E-state index contributed by atoms with van der Waals surface area (Å²) in [7, 11) is 0. The van der Waals surface area contributed by atoms with Crippen LogP contribution in [0.3, 0.4) is 0 Å². The molecule has 0 saturated carbocycles. The lowest BCUT2D eigenvalue weighted by molar-refractivity contribution is 1.38. The summed E-state index contributed by atoms with van der Waals surface area (Å²) >= 11 is 0. The van der Waals surface area contributed by atoms with Crippen molar-refractivity contribution in [3.05, 3.63) is 64.8 Å². The quantitative estimate of drug-likeness (QED) is 0.451. The van der Waals surface area contributed by atoms with Gasteiger partial charge in [-0.25, -0.2) is 0 Å². The van der Waals surface area contributed by atoms with Gasteiger partial charge >= 0.3 is 0 Å². The number of benzene rings is 1. The fourth-order valence-corrected chi connectivity index (χ4v) is 1.52. The van der Waals surface area contributed by atoms with E-state index in [1.54, 1.807) is 0 Å². The molecule has 0 atom stereocenters. The van der Waals surface area contributed by atoms with Crippen molar-refractivity contribution < 1.29 is 0 Å². The minimum absolute atomic E-state index is 0. The van der Waals surface area contributed by atoms with Crippen LogP contribution in [0.5, 0.6) is 0 Å². The van der Waals surface area contributed by atoms with E-state index < -0.39 is 0 Å². The molecule has 1 aromatic rings. The molecule has 116 valence electrons. The Hall–Kier alpha value is -2.44. The first kappa shape index (κ1) is 21.9. The van der Waals surface area contributed by atoms with Crippen molar-refractivity contribution in [2.75, 3.05) is 0 Å². The maximum Gasteiger partial charge on any atom is 0.0284 e. The van der Waals surface area contributed by atoms with Crippen molar-refractivity contribution in [2.24, 2.45) is 0 Å². The van der Waals surface area contributed by atoms with Gasteiger partial charge in [0.05, 0.1) is 0 Å². The zero-order valence-electron chi connectivity index (χ0n) is 13.7. The highest BCUT2D eigenvalue weighted by atomic mass is 14.0. The molecule has 0 aliphatic heterocycles. The summed E-state index contributed by atoms with van der Waals surface area (Å²) in [6, 6.07) is 6.30. The molecule has 0 bridgehead atoms. The predicted octanol–water partition coefficient (Wildman–Crippen LogP) is 6.18. The number of rotatable bonds is 2. The first-order valence-electron chi connectivity index (χ1n) is 6.84. The minimum Gasteiger partial charge on any atom is -0.124 e. The van der Waals surface area contributed by atoms with Crippen molar-refractivity contribution in [1.82, 2.24) is 0 Å². The van der Waals surface area contributed by atoms with Crippen LogP contribution < -0.4 is 0 Å². The molecule has 0 spiro atoms. The van der Waals surface area contributed by atoms with Crippen LogP contribution in [0, 0.1) is 31.6 Å². The molecule has 0 heteroatoms. The highest BCUT2D eigenvalue weighted by molar-refractivity contribution is 5.64. The smallest absolute Gasteiger partial charge is 0.0284 e. The van der Waals surface area contributed by atoms with Crippen LogP contribution in [0.25, 0.3) is 5.57 Å². The fourth-order valence-electron chi connectivity index (χ4n) is 1.52. The van der Waals surface area contributed by atoms with Gasteiger partial charge in [0.25, 0.3) is 0 Å². The monoisotopic (exact) mass is 292 g/mol. The SMILES string of the molecule is C.C#C.C=C(C)c1ccc(C)c(C#C/C(C)=C/C=C(C)C)c1. The summed E-state index contributed by atoms with van der Waals surface area (Å²) in [5, 5.41) is 0. The van der Waals surface area contributed by atoms with Gasteiger partial charge in [-0.05, 0) is 57.4 Å². The summed E-state index contributed by atoms with van der Waals surface area (Å²) in [4.78, 5) is 0. The maximum absolute atomic E-state index is 4.00. The molecule has 1 aromatic carbocycles. The van der Waals surface area contributed by atoms with Crippen LogP contribution in [0.15, 0.2) is 48.1 Å². The van der Waals surface area contributed by atoms with Crippen LogP contribution in [-0.4, -0.2) is 0 Å². The zero-order valence-corrected chi connectivity index (χ0v) is 13.7. The Labute approximate surface area is 137 Å². The zero-order chi connectivity index (χ0) is 16.4. The predicted molar refractivity (Wildman–Crippen MR) is 103 cm³/mol. The van der Waals surface area contributed by atoms with Crippen LogP contribution >= 0.6 is 0 Å². The highest BCUT2D eigenvalue weighted by Gasteiger charge is 1.98. The van der Waals surface area contributed by atoms with Crippen molar-refractivity contribution in [1.29, 1.82) is 0 Å². The van der Waals surface area contributed by atoms with Crippen LogP contribution in [0.4, 0.5) is 0 Å². The third-order valence-corrected chi connectivity index (χ3v) is 2.79. The molecule has 0 radical (unpaired) electrons. The molecule has 0 amide bonds. The number of aryl methyl sites for hydroxylation is 1. The van der Waals surface area contributed by atoms with Crippen molar-refractivity contribution in [2.45, 2.75) is 42.0 Å². The molecule has 0 aliphatic rings. The van der Waals surface area contributed by atoms with Crippen molar-refractivity contribution in [3.8, 4) is 24.7 Å². The molecule has 0 fully saturated rings. The Morgan fingerprint density at radius 3 is 2.18 bits per heavy atom. The van der Waals surface area contributed by atoms with Crippen LogP contribution in [0.2, 0.25) is 0 Å². The first-order chi connectivity index (χ1) is 9.90. The largest absolute Gasteiger partial charge is 0.124 e. The number of allylic oxidation sites excluding steroid dienone is 5. The van der Waals surface area contributed by atoms with Gasteiger partial charge in [0, 0.05) is 5.56 Å². The Morgan fingerprint density at radius 2 is 1.68 bits per heavy atom. The van der Waals surface area contributed by atoms with Crippen molar-refractivity contribution in [3.63, 3.8) is 0 Å². The second-order valence-corrected chi connectivity index (χ2v) is 5.15. The maximum atomic E-state index is 4.00. The number of hydrogen-bond acceptors (Lipinski definition) is 0. The van der Waals surface area contributed by atoms with Gasteiger partial charge in [-0.2, -0.15) is 0 Å². The fraction of sp³-hybridized carbons (Fsp3) is 0.273. The van der Waals surface area contributed by atoms with E-state index in [0.717, 1.165) is 22.3 Å². The van der Waals surface area contributed by atoms with Gasteiger partial charge < -0.3 is 0 Å². The average Bonchev–Trinajstić information content (AvgIpc) is 2.46. The number of terminal acetylenes is 1. The van der Waals surface area contributed by atoms with Gasteiger partial charge in [-0.15, -0.1) is 12.8 Å². The summed E-state index contributed by atoms with van der Waals surface area (Å²) in [5.74, 6) is 6.44. The second-order valence-electron chi connectivity index (χ2n) is 5.15. The Kier molecular flexibility index (Phi) is 11.2. The van der Waals surface area contributed by atoms with E-state index in [2.05, 4.69) is 82.4 Å². The molecule has 0 saturated heterocycles. The molecule has 0 unspecified atom stereocenters. The molecule has 0 N–H and O–H groups in total. The first-order valence-corrected chi connectivity index (χ1v) is 6.84. The van der Waals surface area contributed by atoms with E-state index >= 15 is 0 Å². The summed E-state index contributed by atoms with van der Waals surface area (Å²) in [6.07, 6.45) is 12.1. The molecule has 1 rings (SSSR count). The van der Waals surface area contributed by atoms with Gasteiger partial charge in [-0.3, -0.25) is 0 Å². The molecule has 0 nitrogen and oxygen atoms in total. The third-order valence-electron chi connectivity index (χ3n) is 2.79. The lowest BCUT2D eigenvalue weighted by Crippen LogP contribution is -1.86. The Bertz CT molecular complexity index is 634. The molecule has 22 heavy (non-hydrogen) atoms. The van der Waals surface area contributed by atoms with Crippen molar-refractivity contribution >= 4 is 5.57 Å². The van der Waals surface area contributed by atoms with E-state index in [1.807, 2.05) is 13.8 Å². The van der Waals surface area contributed by atoms with Crippen LogP contribution in [0.1, 0.15) is 51.8 Å². The second kappa shape index (κ2) is 11.2. The van der Waals surface area contributed by atoms with Crippen LogP contribution in [-0.2, 0) is 0 Å². The molecular weight excluding hydrogens is 264 g/mol. The lowest BCUT2D eigenvalue weighted by Gasteiger charge is -2.03. The lowest BCUT2D eigenvalue weighted by atomic mass is 10.0. The Morgan fingerprint density at radius 1 is 1.09 bits per heavy atom. The van der Waals surface area contributed by atoms with E-state index in [-0.39, 0.29) is 7.43 Å². The van der Waals surface area contributed by atoms with Gasteiger partial charge in [0.1, 0.15) is 0 Å². The molecule has 0 heterocycles. The summed E-state index contributed by atoms with van der Waals surface area (Å²) in [5.41, 5.74) is 6.85. The van der Waals surface area contributed by atoms with E-state index in [4.69, 9.17) is 0 Å². The standard InChI is InChI=1S/C19H22.C2H2.CH4/c1-14(2)7-8-16(5)9-11-19-13-18(15(3)4)12-10-17(19)6;1-2;/h7-8,10,12-13H,3H2,1-2,4-6H3;1-2H;1H4/b16-8+;;. The molecular formula is C22H28. The minimum atomic E-state index is 0. The normalized spacial score (nSPS) is 9.14. The number of hydrogen-bond donors (Lipinski definition) is 0. The highest BCUT2D eigenvalue weighted by Crippen LogP contribution is 2.16. The average molecular weight is 292 g/mol. The topological polar surface area (TPSA) is 0 Å².